The maximum atomic E-state index is 12.9. The van der Waals surface area contributed by atoms with E-state index in [1.54, 1.807) is 24.4 Å². The topological polar surface area (TPSA) is 70.7 Å². The molecule has 0 saturated carbocycles. The first-order valence-electron chi connectivity index (χ1n) is 7.12. The number of rotatable bonds is 4. The van der Waals surface area contributed by atoms with Crippen LogP contribution in [0.5, 0.6) is 0 Å². The van der Waals surface area contributed by atoms with Gasteiger partial charge in [-0.1, -0.05) is 12.1 Å². The minimum Gasteiger partial charge on any atom is -0.357 e. The zero-order chi connectivity index (χ0) is 16.2. The number of aromatic nitrogens is 3. The molecule has 5 nitrogen and oxygen atoms in total. The van der Waals surface area contributed by atoms with E-state index >= 15 is 0 Å². The highest BCUT2D eigenvalue weighted by atomic mass is 19.1. The van der Waals surface area contributed by atoms with Crippen molar-refractivity contribution in [2.75, 3.05) is 0 Å². The molecular weight excluding hydrogens is 295 g/mol. The number of nitrogens with one attached hydrogen (secondary N) is 2. The Bertz CT molecular complexity index is 827. The van der Waals surface area contributed by atoms with Crippen LogP contribution in [0.1, 0.15) is 21.9 Å². The first-order valence-corrected chi connectivity index (χ1v) is 7.12. The number of nitrogens with zero attached hydrogens (tertiary/aromatic N) is 2. The molecule has 2 aromatic heterocycles. The molecule has 0 atom stereocenters. The third-order valence-electron chi connectivity index (χ3n) is 3.40. The van der Waals surface area contributed by atoms with Gasteiger partial charge in [0.05, 0.1) is 12.2 Å². The normalized spacial score (nSPS) is 10.5. The highest BCUT2D eigenvalue weighted by Gasteiger charge is 2.10. The Hall–Kier alpha value is -3.02. The number of H-pyrrole nitrogens is 1. The Labute approximate surface area is 132 Å². The van der Waals surface area contributed by atoms with E-state index in [4.69, 9.17) is 0 Å². The maximum Gasteiger partial charge on any atom is 0.268 e. The zero-order valence-corrected chi connectivity index (χ0v) is 12.5. The number of carbonyl (C=O) groups excluding carboxylic acids is 1. The first kappa shape index (κ1) is 14.9. The van der Waals surface area contributed by atoms with Gasteiger partial charge >= 0.3 is 0 Å². The lowest BCUT2D eigenvalue weighted by atomic mass is 10.1. The molecule has 2 N–H and O–H groups in total. The molecule has 1 amide bonds. The van der Waals surface area contributed by atoms with Crippen molar-refractivity contribution in [2.45, 2.75) is 13.5 Å². The van der Waals surface area contributed by atoms with E-state index in [1.807, 2.05) is 13.0 Å². The summed E-state index contributed by atoms with van der Waals surface area (Å²) in [7, 11) is 0. The van der Waals surface area contributed by atoms with Crippen molar-refractivity contribution in [1.29, 1.82) is 0 Å². The summed E-state index contributed by atoms with van der Waals surface area (Å²) in [6.07, 6.45) is 3.19. The lowest BCUT2D eigenvalue weighted by molar-refractivity contribution is 0.0946. The molecule has 0 aliphatic rings. The van der Waals surface area contributed by atoms with Gasteiger partial charge in [0.1, 0.15) is 17.8 Å². The van der Waals surface area contributed by atoms with Gasteiger partial charge in [0, 0.05) is 11.9 Å². The number of aryl methyl sites for hydroxylation is 1. The SMILES string of the molecule is Cc1cc(CNC(=O)c2cc(-c3ccc(F)cc3)c[nH]2)ncn1. The largest absolute Gasteiger partial charge is 0.357 e. The Kier molecular flexibility index (Phi) is 4.14. The number of aromatic amines is 1. The molecule has 0 aliphatic carbocycles. The van der Waals surface area contributed by atoms with Crippen LogP contribution >= 0.6 is 0 Å². The molecule has 0 spiro atoms. The van der Waals surface area contributed by atoms with Crippen molar-refractivity contribution >= 4 is 5.91 Å². The highest BCUT2D eigenvalue weighted by Crippen LogP contribution is 2.20. The van der Waals surface area contributed by atoms with Crippen molar-refractivity contribution in [3.05, 3.63) is 71.8 Å². The molecule has 6 heteroatoms. The van der Waals surface area contributed by atoms with Gasteiger partial charge in [0.25, 0.3) is 5.91 Å². The monoisotopic (exact) mass is 310 g/mol. The van der Waals surface area contributed by atoms with E-state index in [0.717, 1.165) is 22.5 Å². The van der Waals surface area contributed by atoms with Gasteiger partial charge in [-0.3, -0.25) is 4.79 Å². The molecule has 0 radical (unpaired) electrons. The lowest BCUT2D eigenvalue weighted by Gasteiger charge is -2.03. The minimum atomic E-state index is -0.289. The Balaban J connectivity index is 1.67. The summed E-state index contributed by atoms with van der Waals surface area (Å²) in [4.78, 5) is 23.2. The molecule has 0 fully saturated rings. The predicted octanol–water partition coefficient (Wildman–Crippen LogP) is 2.85. The van der Waals surface area contributed by atoms with Gasteiger partial charge in [-0.25, -0.2) is 14.4 Å². The number of amides is 1. The van der Waals surface area contributed by atoms with Crippen LogP contribution in [0.2, 0.25) is 0 Å². The Morgan fingerprint density at radius 3 is 2.70 bits per heavy atom. The summed E-state index contributed by atoms with van der Waals surface area (Å²) in [6.45, 7) is 2.19. The molecule has 3 aromatic rings. The molecular formula is C17H15FN4O. The van der Waals surface area contributed by atoms with Crippen molar-refractivity contribution < 1.29 is 9.18 Å². The van der Waals surface area contributed by atoms with Crippen LogP contribution in [-0.4, -0.2) is 20.9 Å². The average Bonchev–Trinajstić information content (AvgIpc) is 3.03. The van der Waals surface area contributed by atoms with Crippen molar-refractivity contribution in [2.24, 2.45) is 0 Å². The molecule has 3 rings (SSSR count). The van der Waals surface area contributed by atoms with Gasteiger partial charge in [0.15, 0.2) is 0 Å². The first-order chi connectivity index (χ1) is 11.1. The van der Waals surface area contributed by atoms with Crippen LogP contribution in [0.25, 0.3) is 11.1 Å². The number of hydrogen-bond acceptors (Lipinski definition) is 3. The fraction of sp³-hybridized carbons (Fsp3) is 0.118. The fourth-order valence-corrected chi connectivity index (χ4v) is 2.21. The maximum absolute atomic E-state index is 12.9. The van der Waals surface area contributed by atoms with Crippen LogP contribution in [0.3, 0.4) is 0 Å². The average molecular weight is 310 g/mol. The third kappa shape index (κ3) is 3.60. The molecule has 23 heavy (non-hydrogen) atoms. The molecule has 2 heterocycles. The molecule has 116 valence electrons. The Morgan fingerprint density at radius 1 is 1.17 bits per heavy atom. The number of carbonyl (C=O) groups is 1. The number of halogens is 1. The smallest absolute Gasteiger partial charge is 0.268 e. The van der Waals surface area contributed by atoms with E-state index in [-0.39, 0.29) is 11.7 Å². The Morgan fingerprint density at radius 2 is 1.96 bits per heavy atom. The molecule has 0 aliphatic heterocycles. The number of benzene rings is 1. The highest BCUT2D eigenvalue weighted by molar-refractivity contribution is 5.93. The van der Waals surface area contributed by atoms with E-state index in [9.17, 15) is 9.18 Å². The summed E-state index contributed by atoms with van der Waals surface area (Å²) < 4.78 is 12.9. The summed E-state index contributed by atoms with van der Waals surface area (Å²) in [5.41, 5.74) is 3.70. The molecule has 0 saturated heterocycles. The second-order valence-electron chi connectivity index (χ2n) is 5.14. The van der Waals surface area contributed by atoms with E-state index < -0.39 is 0 Å². The summed E-state index contributed by atoms with van der Waals surface area (Å²) >= 11 is 0. The molecule has 1 aromatic carbocycles. The van der Waals surface area contributed by atoms with Crippen LogP contribution < -0.4 is 5.32 Å². The fourth-order valence-electron chi connectivity index (χ4n) is 2.21. The standard InChI is InChI=1S/C17H15FN4O/c1-11-6-15(22-10-21-11)9-20-17(23)16-7-13(8-19-16)12-2-4-14(18)5-3-12/h2-8,10,19H,9H2,1H3,(H,20,23). The number of hydrogen-bond donors (Lipinski definition) is 2. The van der Waals surface area contributed by atoms with Crippen LogP contribution in [0, 0.1) is 12.7 Å². The lowest BCUT2D eigenvalue weighted by Crippen LogP contribution is -2.23. The summed E-state index contributed by atoms with van der Waals surface area (Å²) in [5, 5.41) is 2.80. The molecule has 0 bridgehead atoms. The molecule has 0 unspecified atom stereocenters. The van der Waals surface area contributed by atoms with Gasteiger partial charge in [-0.2, -0.15) is 0 Å². The van der Waals surface area contributed by atoms with Crippen LogP contribution in [-0.2, 0) is 6.54 Å². The summed E-state index contributed by atoms with van der Waals surface area (Å²) in [6, 6.07) is 9.67. The van der Waals surface area contributed by atoms with Crippen LogP contribution in [0.4, 0.5) is 4.39 Å². The van der Waals surface area contributed by atoms with Gasteiger partial charge in [-0.05, 0) is 42.3 Å². The predicted molar refractivity (Wildman–Crippen MR) is 84.1 cm³/mol. The third-order valence-corrected chi connectivity index (χ3v) is 3.40. The van der Waals surface area contributed by atoms with E-state index in [1.165, 1.54) is 18.5 Å². The summed E-state index contributed by atoms with van der Waals surface area (Å²) in [5.74, 6) is -0.517. The van der Waals surface area contributed by atoms with Crippen molar-refractivity contribution in [1.82, 2.24) is 20.3 Å². The zero-order valence-electron chi connectivity index (χ0n) is 12.5. The van der Waals surface area contributed by atoms with E-state index in [0.29, 0.717) is 12.2 Å². The van der Waals surface area contributed by atoms with Crippen molar-refractivity contribution in [3.63, 3.8) is 0 Å². The van der Waals surface area contributed by atoms with Crippen molar-refractivity contribution in [3.8, 4) is 11.1 Å². The van der Waals surface area contributed by atoms with Gasteiger partial charge < -0.3 is 10.3 Å². The second-order valence-corrected chi connectivity index (χ2v) is 5.14. The van der Waals surface area contributed by atoms with E-state index in [2.05, 4.69) is 20.3 Å². The van der Waals surface area contributed by atoms with Gasteiger partial charge in [-0.15, -0.1) is 0 Å². The minimum absolute atomic E-state index is 0.227. The van der Waals surface area contributed by atoms with Gasteiger partial charge in [0.2, 0.25) is 0 Å². The second kappa shape index (κ2) is 6.39. The van der Waals surface area contributed by atoms with Crippen LogP contribution in [0.15, 0.2) is 48.9 Å². The quantitative estimate of drug-likeness (QED) is 0.778.